The van der Waals surface area contributed by atoms with Gasteiger partial charge in [0.05, 0.1) is 0 Å². The minimum atomic E-state index is -0.354. The van der Waals surface area contributed by atoms with E-state index in [9.17, 15) is 4.39 Å². The zero-order valence-corrected chi connectivity index (χ0v) is 11.0. The van der Waals surface area contributed by atoms with Crippen molar-refractivity contribution in [1.29, 1.82) is 0 Å². The number of nitrogens with one attached hydrogen (secondary N) is 1. The molecule has 0 radical (unpaired) electrons. The van der Waals surface area contributed by atoms with E-state index in [2.05, 4.69) is 21.9 Å². The fourth-order valence-corrected chi connectivity index (χ4v) is 2.80. The van der Waals surface area contributed by atoms with E-state index in [0.717, 1.165) is 18.8 Å². The van der Waals surface area contributed by atoms with Gasteiger partial charge in [-0.05, 0) is 31.6 Å². The van der Waals surface area contributed by atoms with Crippen molar-refractivity contribution in [2.75, 3.05) is 0 Å². The number of H-pyrrole nitrogens is 1. The molecule has 2 aromatic heterocycles. The Morgan fingerprint density at radius 2 is 2.11 bits per heavy atom. The monoisotopic (exact) mass is 263 g/mol. The predicted octanol–water partition coefficient (Wildman–Crippen LogP) is 3.44. The summed E-state index contributed by atoms with van der Waals surface area (Å²) in [5.74, 6) is 0.825. The Labute approximate surface area is 111 Å². The maximum Gasteiger partial charge on any atom is 0.229 e. The van der Waals surface area contributed by atoms with Crippen molar-refractivity contribution in [1.82, 2.24) is 15.0 Å². The first kappa shape index (κ1) is 12.4. The molecule has 102 valence electrons. The van der Waals surface area contributed by atoms with Gasteiger partial charge in [0, 0.05) is 6.20 Å². The summed E-state index contributed by atoms with van der Waals surface area (Å²) in [4.78, 5) is 10.8. The zero-order chi connectivity index (χ0) is 13.2. The lowest BCUT2D eigenvalue weighted by molar-refractivity contribution is 0.126. The lowest BCUT2D eigenvalue weighted by atomic mass is 9.86. The van der Waals surface area contributed by atoms with Gasteiger partial charge in [0.25, 0.3) is 0 Å². The fraction of sp³-hybridized carbons (Fsp3) is 0.571. The normalized spacial score (nSPS) is 23.7. The fourth-order valence-electron chi connectivity index (χ4n) is 2.80. The third-order valence-corrected chi connectivity index (χ3v) is 4.04. The molecule has 0 unspecified atom stereocenters. The Hall–Kier alpha value is -1.65. The zero-order valence-electron chi connectivity index (χ0n) is 11.0. The number of rotatable bonds is 3. The highest BCUT2D eigenvalue weighted by Gasteiger charge is 2.23. The van der Waals surface area contributed by atoms with Gasteiger partial charge in [-0.25, -0.2) is 14.4 Å². The average molecular weight is 263 g/mol. The van der Waals surface area contributed by atoms with Crippen LogP contribution in [0.4, 0.5) is 4.39 Å². The molecule has 3 rings (SSSR count). The molecule has 0 amide bonds. The summed E-state index contributed by atoms with van der Waals surface area (Å²) in [6.45, 7) is 2.23. The standard InChI is InChI=1S/C14H18FN3O/c1-2-9-3-5-10(6-4-9)19-14-12-11(15)7-16-13(12)17-8-18-14/h7-10H,2-6H2,1H3,(H,16,17,18). The van der Waals surface area contributed by atoms with E-state index in [1.807, 2.05) is 0 Å². The number of hydrogen-bond donors (Lipinski definition) is 1. The van der Waals surface area contributed by atoms with Gasteiger partial charge in [0.2, 0.25) is 5.88 Å². The summed E-state index contributed by atoms with van der Waals surface area (Å²) in [7, 11) is 0. The molecule has 1 aliphatic rings. The maximum atomic E-state index is 13.7. The molecule has 0 atom stereocenters. The van der Waals surface area contributed by atoms with Crippen molar-refractivity contribution < 1.29 is 9.13 Å². The Morgan fingerprint density at radius 3 is 2.84 bits per heavy atom. The SMILES string of the molecule is CCC1CCC(Oc2ncnc3[nH]cc(F)c23)CC1. The maximum absolute atomic E-state index is 13.7. The first-order chi connectivity index (χ1) is 9.28. The molecule has 0 saturated heterocycles. The van der Waals surface area contributed by atoms with E-state index in [1.54, 1.807) is 0 Å². The van der Waals surface area contributed by atoms with Crippen LogP contribution in [0.5, 0.6) is 5.88 Å². The van der Waals surface area contributed by atoms with Gasteiger partial charge in [-0.1, -0.05) is 13.3 Å². The van der Waals surface area contributed by atoms with Crippen LogP contribution in [0, 0.1) is 11.7 Å². The van der Waals surface area contributed by atoms with Crippen LogP contribution in [0.25, 0.3) is 11.0 Å². The number of fused-ring (bicyclic) bond motifs is 1. The number of aromatic amines is 1. The van der Waals surface area contributed by atoms with Gasteiger partial charge in [-0.3, -0.25) is 0 Å². The van der Waals surface area contributed by atoms with Crippen LogP contribution in [0.1, 0.15) is 39.0 Å². The third kappa shape index (κ3) is 2.41. The minimum Gasteiger partial charge on any atom is -0.474 e. The second-order valence-electron chi connectivity index (χ2n) is 5.21. The van der Waals surface area contributed by atoms with E-state index >= 15 is 0 Å². The van der Waals surface area contributed by atoms with Crippen LogP contribution in [0.3, 0.4) is 0 Å². The van der Waals surface area contributed by atoms with Gasteiger partial charge in [-0.2, -0.15) is 0 Å². The minimum absolute atomic E-state index is 0.148. The summed E-state index contributed by atoms with van der Waals surface area (Å²) in [6.07, 6.45) is 8.50. The second-order valence-corrected chi connectivity index (χ2v) is 5.21. The third-order valence-electron chi connectivity index (χ3n) is 4.04. The van der Waals surface area contributed by atoms with Crippen molar-refractivity contribution in [3.63, 3.8) is 0 Å². The van der Waals surface area contributed by atoms with Crippen molar-refractivity contribution in [2.45, 2.75) is 45.1 Å². The Bertz CT molecular complexity index is 561. The molecular formula is C14H18FN3O. The summed E-state index contributed by atoms with van der Waals surface area (Å²) >= 11 is 0. The van der Waals surface area contributed by atoms with E-state index < -0.39 is 0 Å². The Balaban J connectivity index is 1.77. The van der Waals surface area contributed by atoms with Crippen LogP contribution in [-0.4, -0.2) is 21.1 Å². The van der Waals surface area contributed by atoms with Crippen LogP contribution < -0.4 is 4.74 Å². The lowest BCUT2D eigenvalue weighted by Gasteiger charge is -2.27. The molecule has 0 aliphatic heterocycles. The van der Waals surface area contributed by atoms with E-state index in [0.29, 0.717) is 16.9 Å². The summed E-state index contributed by atoms with van der Waals surface area (Å²) < 4.78 is 19.6. The van der Waals surface area contributed by atoms with Gasteiger partial charge in [0.15, 0.2) is 5.82 Å². The summed E-state index contributed by atoms with van der Waals surface area (Å²) in [5.41, 5.74) is 0.491. The summed E-state index contributed by atoms with van der Waals surface area (Å²) in [6, 6.07) is 0. The average Bonchev–Trinajstić information content (AvgIpc) is 2.83. The largest absolute Gasteiger partial charge is 0.474 e. The molecule has 4 nitrogen and oxygen atoms in total. The van der Waals surface area contributed by atoms with Gasteiger partial charge < -0.3 is 9.72 Å². The molecule has 1 fully saturated rings. The molecule has 1 N–H and O–H groups in total. The molecule has 2 aromatic rings. The van der Waals surface area contributed by atoms with E-state index in [-0.39, 0.29) is 11.9 Å². The number of nitrogens with zero attached hydrogens (tertiary/aromatic N) is 2. The Kier molecular flexibility index (Phi) is 3.36. The predicted molar refractivity (Wildman–Crippen MR) is 70.5 cm³/mol. The van der Waals surface area contributed by atoms with Gasteiger partial charge in [-0.15, -0.1) is 0 Å². The van der Waals surface area contributed by atoms with Gasteiger partial charge in [0.1, 0.15) is 23.5 Å². The number of halogens is 1. The number of ether oxygens (including phenoxy) is 1. The topological polar surface area (TPSA) is 50.8 Å². The molecule has 5 heteroatoms. The molecule has 1 saturated carbocycles. The molecular weight excluding hydrogens is 245 g/mol. The quantitative estimate of drug-likeness (QED) is 0.922. The first-order valence-corrected chi connectivity index (χ1v) is 6.92. The van der Waals surface area contributed by atoms with E-state index in [1.165, 1.54) is 31.8 Å². The van der Waals surface area contributed by atoms with Crippen molar-refractivity contribution >= 4 is 11.0 Å². The molecule has 2 heterocycles. The highest BCUT2D eigenvalue weighted by atomic mass is 19.1. The van der Waals surface area contributed by atoms with Crippen LogP contribution in [0.15, 0.2) is 12.5 Å². The second kappa shape index (κ2) is 5.15. The molecule has 19 heavy (non-hydrogen) atoms. The van der Waals surface area contributed by atoms with Gasteiger partial charge >= 0.3 is 0 Å². The molecule has 0 spiro atoms. The lowest BCUT2D eigenvalue weighted by Crippen LogP contribution is -2.24. The smallest absolute Gasteiger partial charge is 0.229 e. The van der Waals surface area contributed by atoms with E-state index in [4.69, 9.17) is 4.74 Å². The van der Waals surface area contributed by atoms with Crippen molar-refractivity contribution in [3.8, 4) is 5.88 Å². The highest BCUT2D eigenvalue weighted by Crippen LogP contribution is 2.31. The summed E-state index contributed by atoms with van der Waals surface area (Å²) in [5, 5.41) is 0.361. The van der Waals surface area contributed by atoms with Crippen LogP contribution in [-0.2, 0) is 0 Å². The molecule has 1 aliphatic carbocycles. The highest BCUT2D eigenvalue weighted by molar-refractivity contribution is 5.81. The van der Waals surface area contributed by atoms with Crippen LogP contribution >= 0.6 is 0 Å². The number of hydrogen-bond acceptors (Lipinski definition) is 3. The Morgan fingerprint density at radius 1 is 1.32 bits per heavy atom. The number of aromatic nitrogens is 3. The van der Waals surface area contributed by atoms with Crippen molar-refractivity contribution in [3.05, 3.63) is 18.3 Å². The molecule has 0 aromatic carbocycles. The van der Waals surface area contributed by atoms with Crippen LogP contribution in [0.2, 0.25) is 0 Å². The first-order valence-electron chi connectivity index (χ1n) is 6.92. The van der Waals surface area contributed by atoms with Crippen molar-refractivity contribution in [2.24, 2.45) is 5.92 Å². The molecule has 0 bridgehead atoms.